The smallest absolute Gasteiger partial charge is 0.335 e. The van der Waals surface area contributed by atoms with Crippen LogP contribution in [0.5, 0.6) is 0 Å². The first kappa shape index (κ1) is 14.0. The molecule has 0 aliphatic rings. The van der Waals surface area contributed by atoms with Gasteiger partial charge in [0, 0.05) is 19.3 Å². The first-order valence-electron chi connectivity index (χ1n) is 5.60. The van der Waals surface area contributed by atoms with E-state index in [4.69, 9.17) is 5.11 Å². The van der Waals surface area contributed by atoms with E-state index < -0.39 is 5.97 Å². The molecule has 0 aliphatic heterocycles. The van der Waals surface area contributed by atoms with Crippen LogP contribution in [0.2, 0.25) is 0 Å². The standard InChI is InChI=1S/C12H17N3O3/c1-8(2)14-11(16)7-15(3)10-6-9(12(17)18)4-5-13-10/h4-6,8H,7H2,1-3H3,(H,14,16)(H,17,18). The van der Waals surface area contributed by atoms with Crippen LogP contribution >= 0.6 is 0 Å². The van der Waals surface area contributed by atoms with Crippen LogP contribution in [0.25, 0.3) is 0 Å². The number of nitrogens with one attached hydrogen (secondary N) is 1. The van der Waals surface area contributed by atoms with Gasteiger partial charge in [-0.25, -0.2) is 9.78 Å². The lowest BCUT2D eigenvalue weighted by atomic mass is 10.2. The van der Waals surface area contributed by atoms with E-state index in [1.807, 2.05) is 13.8 Å². The Hall–Kier alpha value is -2.11. The molecule has 0 saturated heterocycles. The fourth-order valence-corrected chi connectivity index (χ4v) is 1.42. The van der Waals surface area contributed by atoms with Crippen molar-refractivity contribution in [3.8, 4) is 0 Å². The van der Waals surface area contributed by atoms with Crippen molar-refractivity contribution in [3.05, 3.63) is 23.9 Å². The summed E-state index contributed by atoms with van der Waals surface area (Å²) in [5, 5.41) is 11.6. The summed E-state index contributed by atoms with van der Waals surface area (Å²) in [4.78, 5) is 28.0. The number of carbonyl (C=O) groups excluding carboxylic acids is 1. The number of carboxylic acids is 1. The van der Waals surface area contributed by atoms with Gasteiger partial charge in [-0.05, 0) is 26.0 Å². The average Bonchev–Trinajstić information content (AvgIpc) is 2.27. The van der Waals surface area contributed by atoms with Crippen LogP contribution in [-0.4, -0.2) is 41.6 Å². The number of carbonyl (C=O) groups is 2. The zero-order valence-corrected chi connectivity index (χ0v) is 10.7. The second-order valence-electron chi connectivity index (χ2n) is 4.29. The first-order chi connectivity index (χ1) is 8.40. The van der Waals surface area contributed by atoms with Crippen molar-refractivity contribution in [3.63, 3.8) is 0 Å². The number of pyridine rings is 1. The Labute approximate surface area is 106 Å². The lowest BCUT2D eigenvalue weighted by Crippen LogP contribution is -2.38. The van der Waals surface area contributed by atoms with Gasteiger partial charge < -0.3 is 15.3 Å². The van der Waals surface area contributed by atoms with Gasteiger partial charge in [-0.1, -0.05) is 0 Å². The number of carboxylic acid groups (broad SMARTS) is 1. The van der Waals surface area contributed by atoms with Crippen molar-refractivity contribution in [2.45, 2.75) is 19.9 Å². The van der Waals surface area contributed by atoms with Crippen LogP contribution in [-0.2, 0) is 4.79 Å². The van der Waals surface area contributed by atoms with Crippen molar-refractivity contribution in [1.29, 1.82) is 0 Å². The molecule has 0 aromatic carbocycles. The Balaban J connectivity index is 2.72. The van der Waals surface area contributed by atoms with Crippen molar-refractivity contribution in [1.82, 2.24) is 10.3 Å². The molecule has 0 spiro atoms. The molecule has 0 atom stereocenters. The van der Waals surface area contributed by atoms with Gasteiger partial charge in [0.2, 0.25) is 5.91 Å². The molecule has 0 unspecified atom stereocenters. The maximum Gasteiger partial charge on any atom is 0.335 e. The molecule has 0 aliphatic carbocycles. The fraction of sp³-hybridized carbons (Fsp3) is 0.417. The minimum atomic E-state index is -1.02. The summed E-state index contributed by atoms with van der Waals surface area (Å²) in [5.74, 6) is -0.692. The summed E-state index contributed by atoms with van der Waals surface area (Å²) in [6, 6.07) is 2.92. The highest BCUT2D eigenvalue weighted by molar-refractivity contribution is 5.88. The van der Waals surface area contributed by atoms with Crippen molar-refractivity contribution in [2.75, 3.05) is 18.5 Å². The molecule has 1 rings (SSSR count). The Morgan fingerprint density at radius 2 is 2.17 bits per heavy atom. The van der Waals surface area contributed by atoms with Crippen LogP contribution in [0.3, 0.4) is 0 Å². The summed E-state index contributed by atoms with van der Waals surface area (Å²) in [6.45, 7) is 3.89. The van der Waals surface area contributed by atoms with Gasteiger partial charge in [0.25, 0.3) is 0 Å². The molecule has 2 N–H and O–H groups in total. The number of likely N-dealkylation sites (N-methyl/N-ethyl adjacent to an activating group) is 1. The predicted octanol–water partition coefficient (Wildman–Crippen LogP) is 0.741. The van der Waals surface area contributed by atoms with Crippen LogP contribution in [0.15, 0.2) is 18.3 Å². The molecule has 6 heteroatoms. The van der Waals surface area contributed by atoms with Crippen LogP contribution in [0, 0.1) is 0 Å². The van der Waals surface area contributed by atoms with E-state index in [-0.39, 0.29) is 24.1 Å². The molecule has 1 aromatic rings. The van der Waals surface area contributed by atoms with Crippen molar-refractivity contribution in [2.24, 2.45) is 0 Å². The highest BCUT2D eigenvalue weighted by Gasteiger charge is 2.11. The van der Waals surface area contributed by atoms with Crippen LogP contribution < -0.4 is 10.2 Å². The van der Waals surface area contributed by atoms with E-state index in [1.54, 1.807) is 11.9 Å². The van der Waals surface area contributed by atoms with E-state index in [0.29, 0.717) is 5.82 Å². The fourth-order valence-electron chi connectivity index (χ4n) is 1.42. The number of anilines is 1. The van der Waals surface area contributed by atoms with Crippen molar-refractivity contribution >= 4 is 17.7 Å². The topological polar surface area (TPSA) is 82.5 Å². The molecule has 1 amide bonds. The summed E-state index contributed by atoms with van der Waals surface area (Å²) in [5.41, 5.74) is 0.149. The number of hydrogen-bond donors (Lipinski definition) is 2. The first-order valence-corrected chi connectivity index (χ1v) is 5.60. The molecule has 0 saturated carbocycles. The number of hydrogen-bond acceptors (Lipinski definition) is 4. The molecule has 98 valence electrons. The third-order valence-corrected chi connectivity index (χ3v) is 2.21. The molecule has 1 aromatic heterocycles. The Morgan fingerprint density at radius 1 is 1.50 bits per heavy atom. The number of aromatic carboxylic acids is 1. The van der Waals surface area contributed by atoms with Gasteiger partial charge in [0.15, 0.2) is 0 Å². The third-order valence-electron chi connectivity index (χ3n) is 2.21. The Kier molecular flexibility index (Phi) is 4.65. The molecule has 6 nitrogen and oxygen atoms in total. The maximum atomic E-state index is 11.6. The van der Waals surface area contributed by atoms with E-state index in [1.165, 1.54) is 18.3 Å². The largest absolute Gasteiger partial charge is 0.478 e. The molecule has 1 heterocycles. The zero-order chi connectivity index (χ0) is 13.7. The van der Waals surface area contributed by atoms with Crippen LogP contribution in [0.1, 0.15) is 24.2 Å². The maximum absolute atomic E-state index is 11.6. The lowest BCUT2D eigenvalue weighted by Gasteiger charge is -2.18. The normalized spacial score (nSPS) is 10.2. The summed E-state index contributed by atoms with van der Waals surface area (Å²) in [7, 11) is 1.69. The van der Waals surface area contributed by atoms with Gasteiger partial charge in [-0.15, -0.1) is 0 Å². The van der Waals surface area contributed by atoms with E-state index in [0.717, 1.165) is 0 Å². The minimum absolute atomic E-state index is 0.0733. The highest BCUT2D eigenvalue weighted by atomic mass is 16.4. The molecular formula is C12H17N3O3. The van der Waals surface area contributed by atoms with Gasteiger partial charge in [-0.3, -0.25) is 4.79 Å². The van der Waals surface area contributed by atoms with Gasteiger partial charge in [0.1, 0.15) is 5.82 Å². The van der Waals surface area contributed by atoms with Gasteiger partial charge in [-0.2, -0.15) is 0 Å². The quantitative estimate of drug-likeness (QED) is 0.806. The Bertz CT molecular complexity index is 446. The number of aromatic nitrogens is 1. The molecule has 18 heavy (non-hydrogen) atoms. The lowest BCUT2D eigenvalue weighted by molar-refractivity contribution is -0.120. The Morgan fingerprint density at radius 3 is 2.72 bits per heavy atom. The third kappa shape index (κ3) is 4.04. The monoisotopic (exact) mass is 251 g/mol. The number of amides is 1. The summed E-state index contributed by atoms with van der Waals surface area (Å²) < 4.78 is 0. The number of nitrogens with zero attached hydrogens (tertiary/aromatic N) is 2. The van der Waals surface area contributed by atoms with E-state index >= 15 is 0 Å². The van der Waals surface area contributed by atoms with E-state index in [2.05, 4.69) is 10.3 Å². The predicted molar refractivity (Wildman–Crippen MR) is 67.7 cm³/mol. The molecule has 0 fully saturated rings. The second-order valence-corrected chi connectivity index (χ2v) is 4.29. The van der Waals surface area contributed by atoms with Gasteiger partial charge >= 0.3 is 5.97 Å². The highest BCUT2D eigenvalue weighted by Crippen LogP contribution is 2.10. The number of rotatable bonds is 5. The molecule has 0 radical (unpaired) electrons. The summed E-state index contributed by atoms with van der Waals surface area (Å²) in [6.07, 6.45) is 1.41. The zero-order valence-electron chi connectivity index (χ0n) is 10.7. The SMILES string of the molecule is CC(C)NC(=O)CN(C)c1cc(C(=O)O)ccn1. The average molecular weight is 251 g/mol. The summed E-state index contributed by atoms with van der Waals surface area (Å²) >= 11 is 0. The molecular weight excluding hydrogens is 234 g/mol. The van der Waals surface area contributed by atoms with Gasteiger partial charge in [0.05, 0.1) is 12.1 Å². The second kappa shape index (κ2) is 6.00. The van der Waals surface area contributed by atoms with Crippen LogP contribution in [0.4, 0.5) is 5.82 Å². The molecule has 0 bridgehead atoms. The van der Waals surface area contributed by atoms with Crippen molar-refractivity contribution < 1.29 is 14.7 Å². The minimum Gasteiger partial charge on any atom is -0.478 e. The van der Waals surface area contributed by atoms with E-state index in [9.17, 15) is 9.59 Å².